The molecule has 0 aliphatic heterocycles. The number of rotatable bonds is 8. The van der Waals surface area contributed by atoms with Crippen molar-refractivity contribution in [2.75, 3.05) is 0 Å². The molecule has 13 aromatic carbocycles. The number of fused-ring (bicyclic) bond motifs is 19. The molecule has 446 valence electrons. The summed E-state index contributed by atoms with van der Waals surface area (Å²) in [6, 6.07) is 95.8. The lowest BCUT2D eigenvalue weighted by atomic mass is 10.0. The van der Waals surface area contributed by atoms with Gasteiger partial charge in [0.05, 0.1) is 33.2 Å². The molecule has 0 amide bonds. The molecular formula is C84H46N8O4. The van der Waals surface area contributed by atoms with Gasteiger partial charge in [-0.25, -0.2) is 9.97 Å². The fourth-order valence-corrected chi connectivity index (χ4v) is 14.7. The third-order valence-corrected chi connectivity index (χ3v) is 19.1. The Morgan fingerprint density at radius 1 is 0.219 bits per heavy atom. The van der Waals surface area contributed by atoms with Crippen LogP contribution >= 0.6 is 0 Å². The molecule has 21 aromatic rings. The van der Waals surface area contributed by atoms with E-state index in [1.807, 2.05) is 84.9 Å². The summed E-state index contributed by atoms with van der Waals surface area (Å²) in [7, 11) is 0. The van der Waals surface area contributed by atoms with Gasteiger partial charge in [0.25, 0.3) is 0 Å². The van der Waals surface area contributed by atoms with E-state index in [-0.39, 0.29) is 0 Å². The number of hydrogen-bond acceptors (Lipinski definition) is 10. The van der Waals surface area contributed by atoms with Gasteiger partial charge >= 0.3 is 0 Å². The molecule has 96 heavy (non-hydrogen) atoms. The second-order valence-corrected chi connectivity index (χ2v) is 24.5. The Hall–Kier alpha value is -13.3. The van der Waals surface area contributed by atoms with Crippen LogP contribution in [0.15, 0.2) is 297 Å². The molecular weight excluding hydrogens is 1180 g/mol. The van der Waals surface area contributed by atoms with E-state index in [0.29, 0.717) is 57.5 Å². The first-order valence-corrected chi connectivity index (χ1v) is 31.9. The first kappa shape index (κ1) is 52.3. The van der Waals surface area contributed by atoms with Crippen LogP contribution < -0.4 is 0 Å². The molecule has 0 atom stereocenters. The lowest BCUT2D eigenvalue weighted by molar-refractivity contribution is 0.668. The van der Waals surface area contributed by atoms with E-state index in [1.165, 1.54) is 0 Å². The summed E-state index contributed by atoms with van der Waals surface area (Å²) < 4.78 is 30.9. The number of nitrogens with zero attached hydrogens (tertiary/aromatic N) is 8. The van der Waals surface area contributed by atoms with Crippen molar-refractivity contribution in [3.05, 3.63) is 279 Å². The highest BCUT2D eigenvalue weighted by molar-refractivity contribution is 6.26. The lowest BCUT2D eigenvalue weighted by Gasteiger charge is -2.12. The van der Waals surface area contributed by atoms with Gasteiger partial charge in [0.1, 0.15) is 44.7 Å². The van der Waals surface area contributed by atoms with Crippen LogP contribution in [0.3, 0.4) is 0 Å². The fraction of sp³-hybridized carbons (Fsp3) is 0. The zero-order chi connectivity index (χ0) is 62.7. The Bertz CT molecular complexity index is 6550. The van der Waals surface area contributed by atoms with Crippen LogP contribution in [-0.2, 0) is 0 Å². The molecule has 12 heteroatoms. The molecule has 0 saturated heterocycles. The second-order valence-electron chi connectivity index (χ2n) is 24.5. The number of para-hydroxylation sites is 6. The van der Waals surface area contributed by atoms with Crippen molar-refractivity contribution in [1.29, 1.82) is 0 Å². The van der Waals surface area contributed by atoms with E-state index in [2.05, 4.69) is 203 Å². The highest BCUT2D eigenvalue weighted by Crippen LogP contribution is 2.45. The maximum Gasteiger partial charge on any atom is 0.238 e. The minimum absolute atomic E-state index is 0.401. The predicted molar refractivity (Wildman–Crippen MR) is 384 cm³/mol. The number of hydrogen-bond donors (Lipinski definition) is 0. The van der Waals surface area contributed by atoms with Gasteiger partial charge in [0, 0.05) is 75.8 Å². The van der Waals surface area contributed by atoms with Crippen LogP contribution in [-0.4, -0.2) is 39.0 Å². The van der Waals surface area contributed by atoms with Crippen molar-refractivity contribution in [1.82, 2.24) is 39.0 Å². The highest BCUT2D eigenvalue weighted by Gasteiger charge is 2.28. The summed E-state index contributed by atoms with van der Waals surface area (Å²) in [5, 5.41) is 11.8. The Balaban J connectivity index is 0.824. The Morgan fingerprint density at radius 2 is 0.615 bits per heavy atom. The molecule has 0 fully saturated rings. The SMILES string of the molecule is c1ccc(-c2ccc3oc4c(-c5nc(-c6cccc7c6oc6ccc(-c8ccccc8)cc67)nc(-n6c7ccccc7c7ccc8c(c9ccccc9n8-c8nc(-c9ccc%10oc%11ccccc%11c%10c9)nc(-c9ccc%10oc%11ccccc%11c%10c9)n8)c76)n5)cccc4c3c2)cc1. The molecule has 0 aliphatic carbocycles. The van der Waals surface area contributed by atoms with Gasteiger partial charge in [0.15, 0.2) is 23.3 Å². The van der Waals surface area contributed by atoms with Crippen molar-refractivity contribution < 1.29 is 17.7 Å². The van der Waals surface area contributed by atoms with Gasteiger partial charge < -0.3 is 17.7 Å². The Labute approximate surface area is 543 Å². The van der Waals surface area contributed by atoms with Crippen molar-refractivity contribution in [3.8, 4) is 79.7 Å². The monoisotopic (exact) mass is 1230 g/mol. The molecule has 0 unspecified atom stereocenters. The van der Waals surface area contributed by atoms with Crippen LogP contribution in [0.25, 0.3) is 211 Å². The largest absolute Gasteiger partial charge is 0.456 e. The number of aromatic nitrogens is 8. The standard InChI is InChI=1S/C84H46N8O4/c1-3-17-47(18-4-1)49-33-39-73-64(43-49)57-25-15-27-60(77(57)95-73)81-86-82(61-28-16-26-58-65-44-50(48-19-5-2-6-20-48)34-40-74(65)96-78(58)61)90-84(89-81)92-66-29-11-7-21-53(66)56-37-38-68-75(76(56)92)59-24-8-12-30-67(59)91(68)83-87-79(51-35-41-71-62(45-51)54-22-9-13-31-69(54)93-71)85-80(88-83)52-36-42-72-63(46-52)55-23-10-14-32-70(55)94-72/h1-46H. The molecule has 21 rings (SSSR count). The maximum absolute atomic E-state index is 6.94. The third-order valence-electron chi connectivity index (χ3n) is 19.1. The summed E-state index contributed by atoms with van der Waals surface area (Å²) in [5.74, 6) is 2.69. The van der Waals surface area contributed by atoms with Crippen LogP contribution in [0, 0.1) is 0 Å². The van der Waals surface area contributed by atoms with Gasteiger partial charge in [-0.15, -0.1) is 0 Å². The molecule has 0 N–H and O–H groups in total. The highest BCUT2D eigenvalue weighted by atomic mass is 16.3. The predicted octanol–water partition coefficient (Wildman–Crippen LogP) is 21.9. The third kappa shape index (κ3) is 7.84. The minimum atomic E-state index is 0.401. The zero-order valence-electron chi connectivity index (χ0n) is 50.8. The summed E-state index contributed by atoms with van der Waals surface area (Å²) in [5.41, 5.74) is 17.0. The van der Waals surface area contributed by atoms with Crippen LogP contribution in [0.5, 0.6) is 0 Å². The van der Waals surface area contributed by atoms with E-state index in [9.17, 15) is 0 Å². The zero-order valence-corrected chi connectivity index (χ0v) is 50.8. The summed E-state index contributed by atoms with van der Waals surface area (Å²) in [4.78, 5) is 33.1. The van der Waals surface area contributed by atoms with Crippen LogP contribution in [0.2, 0.25) is 0 Å². The Morgan fingerprint density at radius 3 is 1.17 bits per heavy atom. The smallest absolute Gasteiger partial charge is 0.238 e. The molecule has 0 aliphatic rings. The van der Waals surface area contributed by atoms with Crippen molar-refractivity contribution in [3.63, 3.8) is 0 Å². The maximum atomic E-state index is 6.94. The van der Waals surface area contributed by atoms with Crippen molar-refractivity contribution >= 4 is 131 Å². The minimum Gasteiger partial charge on any atom is -0.456 e. The average Bonchev–Trinajstić information content (AvgIpc) is 1.54. The van der Waals surface area contributed by atoms with Crippen LogP contribution in [0.4, 0.5) is 0 Å². The van der Waals surface area contributed by atoms with E-state index < -0.39 is 0 Å². The first-order valence-electron chi connectivity index (χ1n) is 31.9. The number of furan rings is 4. The van der Waals surface area contributed by atoms with Gasteiger partial charge in [-0.1, -0.05) is 176 Å². The second kappa shape index (κ2) is 20.1. The molecule has 12 nitrogen and oxygen atoms in total. The molecule has 8 heterocycles. The van der Waals surface area contributed by atoms with Gasteiger partial charge in [-0.3, -0.25) is 9.13 Å². The summed E-state index contributed by atoms with van der Waals surface area (Å²) >= 11 is 0. The van der Waals surface area contributed by atoms with Gasteiger partial charge in [-0.2, -0.15) is 19.9 Å². The summed E-state index contributed by atoms with van der Waals surface area (Å²) in [6.45, 7) is 0. The molecule has 0 saturated carbocycles. The van der Waals surface area contributed by atoms with Crippen molar-refractivity contribution in [2.24, 2.45) is 0 Å². The molecule has 0 radical (unpaired) electrons. The van der Waals surface area contributed by atoms with E-state index >= 15 is 0 Å². The first-order chi connectivity index (χ1) is 47.5. The molecule has 0 spiro atoms. The number of benzene rings is 13. The summed E-state index contributed by atoms with van der Waals surface area (Å²) in [6.07, 6.45) is 0. The molecule has 0 bridgehead atoms. The normalized spacial score (nSPS) is 12.2. The van der Waals surface area contributed by atoms with E-state index in [4.69, 9.17) is 47.6 Å². The van der Waals surface area contributed by atoms with E-state index in [0.717, 1.165) is 154 Å². The van der Waals surface area contributed by atoms with Gasteiger partial charge in [0.2, 0.25) is 11.9 Å². The average molecular weight is 1230 g/mol. The lowest BCUT2D eigenvalue weighted by Crippen LogP contribution is -2.07. The van der Waals surface area contributed by atoms with Crippen molar-refractivity contribution in [2.45, 2.75) is 0 Å². The topological polar surface area (TPSA) is 140 Å². The quantitative estimate of drug-likeness (QED) is 0.144. The molecule has 8 aromatic heterocycles. The fourth-order valence-electron chi connectivity index (χ4n) is 14.7. The van der Waals surface area contributed by atoms with E-state index in [1.54, 1.807) is 0 Å². The Kier molecular flexibility index (Phi) is 10.9. The van der Waals surface area contributed by atoms with Crippen LogP contribution in [0.1, 0.15) is 0 Å². The van der Waals surface area contributed by atoms with Gasteiger partial charge in [-0.05, 0) is 125 Å².